The van der Waals surface area contributed by atoms with Crippen molar-refractivity contribution in [1.82, 2.24) is 5.32 Å². The summed E-state index contributed by atoms with van der Waals surface area (Å²) in [7, 11) is -0.903. The summed E-state index contributed by atoms with van der Waals surface area (Å²) in [4.78, 5) is 23.0. The van der Waals surface area contributed by atoms with Crippen molar-refractivity contribution < 1.29 is 18.9 Å². The lowest BCUT2D eigenvalue weighted by Crippen LogP contribution is -2.34. The average Bonchev–Trinajstić information content (AvgIpc) is 2.36. The third-order valence-electron chi connectivity index (χ3n) is 2.62. The van der Waals surface area contributed by atoms with Crippen molar-refractivity contribution in [3.05, 3.63) is 35.4 Å². The molecule has 6 heteroatoms. The standard InChI is InChI=1S/C13H17NO4S/c1-9(7-8-19(2)18)14-12(15)10-5-3-4-6-11(10)13(16)17/h3-6,9H,7-8H2,1-2H3,(H,14,15)(H,16,17). The van der Waals surface area contributed by atoms with E-state index in [-0.39, 0.29) is 17.2 Å². The lowest BCUT2D eigenvalue weighted by atomic mass is 10.1. The minimum Gasteiger partial charge on any atom is -0.478 e. The maximum atomic E-state index is 12.0. The number of hydrogen-bond acceptors (Lipinski definition) is 3. The Bertz CT molecular complexity index is 501. The molecule has 0 aliphatic rings. The number of carbonyl (C=O) groups excluding carboxylic acids is 1. The van der Waals surface area contributed by atoms with Crippen LogP contribution in [0.3, 0.4) is 0 Å². The zero-order valence-corrected chi connectivity index (χ0v) is 11.7. The van der Waals surface area contributed by atoms with Crippen molar-refractivity contribution in [2.75, 3.05) is 12.0 Å². The van der Waals surface area contributed by atoms with Crippen LogP contribution in [0.5, 0.6) is 0 Å². The number of rotatable bonds is 6. The Kier molecular flexibility index (Phi) is 5.69. The molecule has 0 spiro atoms. The highest BCUT2D eigenvalue weighted by Gasteiger charge is 2.17. The molecular weight excluding hydrogens is 266 g/mol. The first-order chi connectivity index (χ1) is 8.91. The molecule has 0 fully saturated rings. The summed E-state index contributed by atoms with van der Waals surface area (Å²) in [5, 5.41) is 11.7. The summed E-state index contributed by atoms with van der Waals surface area (Å²) in [5.74, 6) is -1.05. The molecule has 0 bridgehead atoms. The molecular formula is C13H17NO4S. The van der Waals surface area contributed by atoms with Crippen LogP contribution in [0, 0.1) is 0 Å². The van der Waals surface area contributed by atoms with Crippen LogP contribution >= 0.6 is 0 Å². The third kappa shape index (κ3) is 4.82. The van der Waals surface area contributed by atoms with Gasteiger partial charge in [0, 0.05) is 28.9 Å². The molecule has 0 aromatic heterocycles. The van der Waals surface area contributed by atoms with Crippen LogP contribution in [-0.4, -0.2) is 39.2 Å². The molecule has 5 nitrogen and oxygen atoms in total. The third-order valence-corrected chi connectivity index (χ3v) is 3.43. The van der Waals surface area contributed by atoms with Crippen molar-refractivity contribution in [3.63, 3.8) is 0 Å². The predicted molar refractivity (Wildman–Crippen MR) is 73.9 cm³/mol. The lowest BCUT2D eigenvalue weighted by Gasteiger charge is -2.14. The molecule has 1 aromatic carbocycles. The number of carboxylic acids is 1. The van der Waals surface area contributed by atoms with E-state index in [1.54, 1.807) is 25.3 Å². The molecule has 0 saturated heterocycles. The molecule has 0 aliphatic heterocycles. The Morgan fingerprint density at radius 1 is 1.32 bits per heavy atom. The molecule has 2 N–H and O–H groups in total. The minimum atomic E-state index is -1.13. The van der Waals surface area contributed by atoms with Crippen LogP contribution in [0.2, 0.25) is 0 Å². The summed E-state index contributed by atoms with van der Waals surface area (Å²) >= 11 is 0. The quantitative estimate of drug-likeness (QED) is 0.823. The molecule has 0 saturated carbocycles. The number of carbonyl (C=O) groups is 2. The second-order valence-electron chi connectivity index (χ2n) is 4.29. The average molecular weight is 283 g/mol. The second-order valence-corrected chi connectivity index (χ2v) is 5.85. The molecule has 1 amide bonds. The summed E-state index contributed by atoms with van der Waals surface area (Å²) < 4.78 is 11.0. The van der Waals surface area contributed by atoms with E-state index in [9.17, 15) is 13.8 Å². The number of benzene rings is 1. The monoisotopic (exact) mass is 283 g/mol. The maximum absolute atomic E-state index is 12.0. The first-order valence-electron chi connectivity index (χ1n) is 5.85. The maximum Gasteiger partial charge on any atom is 0.336 e. The van der Waals surface area contributed by atoms with E-state index < -0.39 is 22.7 Å². The van der Waals surface area contributed by atoms with E-state index in [4.69, 9.17) is 5.11 Å². The van der Waals surface area contributed by atoms with Gasteiger partial charge in [-0.3, -0.25) is 9.00 Å². The number of nitrogens with one attached hydrogen (secondary N) is 1. The van der Waals surface area contributed by atoms with Gasteiger partial charge < -0.3 is 10.4 Å². The summed E-state index contributed by atoms with van der Waals surface area (Å²) in [6.45, 7) is 1.80. The topological polar surface area (TPSA) is 83.5 Å². The van der Waals surface area contributed by atoms with Gasteiger partial charge in [-0.05, 0) is 25.5 Å². The van der Waals surface area contributed by atoms with Crippen molar-refractivity contribution in [1.29, 1.82) is 0 Å². The molecule has 1 aromatic rings. The fourth-order valence-corrected chi connectivity index (χ4v) is 2.27. The van der Waals surface area contributed by atoms with Crippen LogP contribution in [0.25, 0.3) is 0 Å². The van der Waals surface area contributed by atoms with Gasteiger partial charge in [-0.25, -0.2) is 4.79 Å². The second kappa shape index (κ2) is 7.04. The van der Waals surface area contributed by atoms with Gasteiger partial charge in [0.25, 0.3) is 5.91 Å². The highest BCUT2D eigenvalue weighted by molar-refractivity contribution is 7.84. The summed E-state index contributed by atoms with van der Waals surface area (Å²) in [5.41, 5.74) is 0.116. The summed E-state index contributed by atoms with van der Waals surface area (Å²) in [6, 6.07) is 5.90. The summed E-state index contributed by atoms with van der Waals surface area (Å²) in [6.07, 6.45) is 2.19. The van der Waals surface area contributed by atoms with E-state index in [1.807, 2.05) is 0 Å². The van der Waals surface area contributed by atoms with Crippen LogP contribution in [0.4, 0.5) is 0 Å². The Morgan fingerprint density at radius 3 is 2.42 bits per heavy atom. The molecule has 1 rings (SSSR count). The highest BCUT2D eigenvalue weighted by Crippen LogP contribution is 2.09. The molecule has 0 aliphatic carbocycles. The van der Waals surface area contributed by atoms with Gasteiger partial charge in [0.05, 0.1) is 11.1 Å². The van der Waals surface area contributed by atoms with E-state index >= 15 is 0 Å². The Balaban J connectivity index is 2.73. The van der Waals surface area contributed by atoms with Crippen molar-refractivity contribution in [3.8, 4) is 0 Å². The number of aromatic carboxylic acids is 1. The molecule has 19 heavy (non-hydrogen) atoms. The van der Waals surface area contributed by atoms with Crippen LogP contribution < -0.4 is 5.32 Å². The number of carboxylic acid groups (broad SMARTS) is 1. The van der Waals surface area contributed by atoms with Gasteiger partial charge >= 0.3 is 5.97 Å². The van der Waals surface area contributed by atoms with Crippen molar-refractivity contribution >= 4 is 22.7 Å². The molecule has 104 valence electrons. The lowest BCUT2D eigenvalue weighted by molar-refractivity contribution is 0.0690. The highest BCUT2D eigenvalue weighted by atomic mass is 32.2. The van der Waals surface area contributed by atoms with E-state index in [2.05, 4.69) is 5.32 Å². The molecule has 2 unspecified atom stereocenters. The SMILES string of the molecule is CC(CCS(C)=O)NC(=O)c1ccccc1C(=O)O. The van der Waals surface area contributed by atoms with Gasteiger partial charge in [-0.15, -0.1) is 0 Å². The van der Waals surface area contributed by atoms with Gasteiger partial charge in [0.15, 0.2) is 0 Å². The fourth-order valence-electron chi connectivity index (χ4n) is 1.58. The first kappa shape index (κ1) is 15.4. The predicted octanol–water partition coefficient (Wildman–Crippen LogP) is 1.27. The zero-order valence-electron chi connectivity index (χ0n) is 10.9. The molecule has 0 heterocycles. The van der Waals surface area contributed by atoms with Crippen molar-refractivity contribution in [2.45, 2.75) is 19.4 Å². The largest absolute Gasteiger partial charge is 0.478 e. The smallest absolute Gasteiger partial charge is 0.336 e. The first-order valence-corrected chi connectivity index (χ1v) is 7.57. The Labute approximate surface area is 114 Å². The Hall–Kier alpha value is -1.69. The molecule has 2 atom stereocenters. The van der Waals surface area contributed by atoms with Crippen molar-refractivity contribution in [2.24, 2.45) is 0 Å². The van der Waals surface area contributed by atoms with E-state index in [0.29, 0.717) is 12.2 Å². The number of amides is 1. The van der Waals surface area contributed by atoms with Gasteiger partial charge in [0.1, 0.15) is 0 Å². The minimum absolute atomic E-state index is 0.0220. The Morgan fingerprint density at radius 2 is 1.89 bits per heavy atom. The van der Waals surface area contributed by atoms with Gasteiger partial charge in [-0.1, -0.05) is 12.1 Å². The van der Waals surface area contributed by atoms with E-state index in [0.717, 1.165) is 0 Å². The van der Waals surface area contributed by atoms with Gasteiger partial charge in [-0.2, -0.15) is 0 Å². The normalized spacial score (nSPS) is 13.6. The van der Waals surface area contributed by atoms with E-state index in [1.165, 1.54) is 12.1 Å². The molecule has 0 radical (unpaired) electrons. The van der Waals surface area contributed by atoms with Crippen LogP contribution in [0.1, 0.15) is 34.1 Å². The van der Waals surface area contributed by atoms with Crippen LogP contribution in [0.15, 0.2) is 24.3 Å². The van der Waals surface area contributed by atoms with Crippen LogP contribution in [-0.2, 0) is 10.8 Å². The number of hydrogen-bond donors (Lipinski definition) is 2. The van der Waals surface area contributed by atoms with Gasteiger partial charge in [0.2, 0.25) is 0 Å². The zero-order chi connectivity index (χ0) is 14.4. The fraction of sp³-hybridized carbons (Fsp3) is 0.385.